The molecule has 0 aromatic carbocycles. The van der Waals surface area contributed by atoms with Gasteiger partial charge in [-0.2, -0.15) is 0 Å². The van der Waals surface area contributed by atoms with Crippen molar-refractivity contribution in [3.8, 4) is 0 Å². The van der Waals surface area contributed by atoms with E-state index in [-0.39, 0.29) is 0 Å². The third-order valence-corrected chi connectivity index (χ3v) is 1.07. The highest BCUT2D eigenvalue weighted by Gasteiger charge is 1.96. The molecule has 2 heteroatoms. The molecule has 1 aliphatic heterocycles. The van der Waals surface area contributed by atoms with Crippen molar-refractivity contribution in [1.82, 2.24) is 0 Å². The van der Waals surface area contributed by atoms with Crippen molar-refractivity contribution in [3.05, 3.63) is 0 Å². The van der Waals surface area contributed by atoms with E-state index >= 15 is 0 Å². The molecule has 8 heavy (non-hydrogen) atoms. The van der Waals surface area contributed by atoms with Crippen molar-refractivity contribution in [2.45, 2.75) is 19.8 Å². The van der Waals surface area contributed by atoms with Gasteiger partial charge in [0.25, 0.3) is 0 Å². The lowest BCUT2D eigenvalue weighted by atomic mass is 10.3. The number of rotatable bonds is 2. The first-order valence-electron chi connectivity index (χ1n) is 2.99. The van der Waals surface area contributed by atoms with Crippen LogP contribution < -0.4 is 0 Å². The van der Waals surface area contributed by atoms with Crippen LogP contribution >= 0.6 is 0 Å². The lowest BCUT2D eigenvalue weighted by Crippen LogP contribution is -1.86. The summed E-state index contributed by atoms with van der Waals surface area (Å²) >= 11 is 0. The molecule has 0 N–H and O–H groups in total. The molecule has 1 heterocycles. The fourth-order valence-electron chi connectivity index (χ4n) is 0.700. The van der Waals surface area contributed by atoms with Gasteiger partial charge in [-0.25, -0.2) is 4.99 Å². The number of aliphatic imine (C=N–C) groups is 2. The second-order valence-corrected chi connectivity index (χ2v) is 1.82. The van der Waals surface area contributed by atoms with Crippen molar-refractivity contribution < 1.29 is 0 Å². The van der Waals surface area contributed by atoms with Gasteiger partial charge in [0.2, 0.25) is 0 Å². The highest BCUT2D eigenvalue weighted by molar-refractivity contribution is 5.94. The largest absolute Gasteiger partial charge is 0.265 e. The Bertz CT molecular complexity index is 124. The Morgan fingerprint density at radius 3 is 3.12 bits per heavy atom. The van der Waals surface area contributed by atoms with E-state index in [2.05, 4.69) is 16.9 Å². The highest BCUT2D eigenvalue weighted by Crippen LogP contribution is 1.96. The van der Waals surface area contributed by atoms with Crippen LogP contribution in [0.25, 0.3) is 0 Å². The van der Waals surface area contributed by atoms with Crippen LogP contribution in [0.3, 0.4) is 0 Å². The molecule has 0 fully saturated rings. The fraction of sp³-hybridized carbons (Fsp3) is 0.667. The Morgan fingerprint density at radius 2 is 2.62 bits per heavy atom. The van der Waals surface area contributed by atoms with Crippen molar-refractivity contribution in [2.24, 2.45) is 9.98 Å². The van der Waals surface area contributed by atoms with Gasteiger partial charge in [0.15, 0.2) is 0 Å². The van der Waals surface area contributed by atoms with Crippen molar-refractivity contribution in [2.75, 3.05) is 6.54 Å². The molecule has 0 aromatic heterocycles. The number of nitrogens with zero attached hydrogens (tertiary/aromatic N) is 2. The van der Waals surface area contributed by atoms with E-state index in [1.165, 1.54) is 0 Å². The normalized spacial score (nSPS) is 16.9. The zero-order valence-corrected chi connectivity index (χ0v) is 5.09. The summed E-state index contributed by atoms with van der Waals surface area (Å²) in [7, 11) is 0. The van der Waals surface area contributed by atoms with Gasteiger partial charge in [0.1, 0.15) is 5.84 Å². The zero-order valence-electron chi connectivity index (χ0n) is 5.09. The lowest BCUT2D eigenvalue weighted by molar-refractivity contribution is 0.983. The second-order valence-electron chi connectivity index (χ2n) is 1.82. The molecule has 0 aromatic rings. The van der Waals surface area contributed by atoms with Gasteiger partial charge in [0, 0.05) is 12.6 Å². The summed E-state index contributed by atoms with van der Waals surface area (Å²) in [5.41, 5.74) is 0. The van der Waals surface area contributed by atoms with E-state index in [9.17, 15) is 0 Å². The molecule has 1 rings (SSSR count). The maximum absolute atomic E-state index is 4.12. The number of hydrogen-bond donors (Lipinski definition) is 0. The predicted octanol–water partition coefficient (Wildman–Crippen LogP) is 1.27. The smallest absolute Gasteiger partial charge is 0.123 e. The molecule has 0 amide bonds. The molecule has 2 nitrogen and oxygen atoms in total. The van der Waals surface area contributed by atoms with E-state index in [1.54, 1.807) is 0 Å². The Hall–Kier alpha value is -0.660. The number of hydrogen-bond acceptors (Lipinski definition) is 2. The van der Waals surface area contributed by atoms with E-state index in [0.29, 0.717) is 0 Å². The SMILES string of the molecule is CCCC1=NCC=N1. The maximum Gasteiger partial charge on any atom is 0.123 e. The summed E-state index contributed by atoms with van der Waals surface area (Å²) in [4.78, 5) is 8.17. The average Bonchev–Trinajstić information content (AvgIpc) is 2.19. The molecule has 0 bridgehead atoms. The summed E-state index contributed by atoms with van der Waals surface area (Å²) in [6.45, 7) is 2.94. The van der Waals surface area contributed by atoms with Gasteiger partial charge >= 0.3 is 0 Å². The van der Waals surface area contributed by atoms with E-state index < -0.39 is 0 Å². The summed E-state index contributed by atoms with van der Waals surface area (Å²) in [5, 5.41) is 0. The highest BCUT2D eigenvalue weighted by atomic mass is 15.0. The Morgan fingerprint density at radius 1 is 1.75 bits per heavy atom. The topological polar surface area (TPSA) is 24.7 Å². The lowest BCUT2D eigenvalue weighted by Gasteiger charge is -1.87. The van der Waals surface area contributed by atoms with Crippen LogP contribution in [0.4, 0.5) is 0 Å². The van der Waals surface area contributed by atoms with Crippen LogP contribution in [-0.4, -0.2) is 18.6 Å². The minimum Gasteiger partial charge on any atom is -0.265 e. The molecule has 0 saturated heterocycles. The summed E-state index contributed by atoms with van der Waals surface area (Å²) in [6.07, 6.45) is 4.04. The Balaban J connectivity index is 2.34. The van der Waals surface area contributed by atoms with Gasteiger partial charge < -0.3 is 0 Å². The van der Waals surface area contributed by atoms with Gasteiger partial charge in [-0.1, -0.05) is 6.92 Å². The monoisotopic (exact) mass is 110 g/mol. The molecule has 0 radical (unpaired) electrons. The van der Waals surface area contributed by atoms with Crippen LogP contribution in [0, 0.1) is 0 Å². The molecule has 0 atom stereocenters. The summed E-state index contributed by atoms with van der Waals surface area (Å²) in [6, 6.07) is 0. The molecule has 0 spiro atoms. The van der Waals surface area contributed by atoms with Gasteiger partial charge in [0.05, 0.1) is 6.54 Å². The molecular weight excluding hydrogens is 100 g/mol. The summed E-state index contributed by atoms with van der Waals surface area (Å²) in [5.74, 6) is 1.02. The van der Waals surface area contributed by atoms with E-state index in [4.69, 9.17) is 0 Å². The van der Waals surface area contributed by atoms with Crippen LogP contribution in [0.15, 0.2) is 9.98 Å². The number of amidine groups is 1. The predicted molar refractivity (Wildman–Crippen MR) is 35.7 cm³/mol. The van der Waals surface area contributed by atoms with Crippen molar-refractivity contribution >= 4 is 12.1 Å². The third-order valence-electron chi connectivity index (χ3n) is 1.07. The average molecular weight is 110 g/mol. The minimum atomic E-state index is 0.801. The minimum absolute atomic E-state index is 0.801. The quantitative estimate of drug-likeness (QED) is 0.511. The van der Waals surface area contributed by atoms with Crippen LogP contribution in [0.2, 0.25) is 0 Å². The van der Waals surface area contributed by atoms with Crippen LogP contribution in [0.5, 0.6) is 0 Å². The fourth-order valence-corrected chi connectivity index (χ4v) is 0.700. The van der Waals surface area contributed by atoms with Crippen LogP contribution in [0.1, 0.15) is 19.8 Å². The molecular formula is C6H10N2. The van der Waals surface area contributed by atoms with Gasteiger partial charge in [-0.3, -0.25) is 4.99 Å². The second kappa shape index (κ2) is 2.60. The third kappa shape index (κ3) is 1.15. The van der Waals surface area contributed by atoms with Crippen molar-refractivity contribution in [1.29, 1.82) is 0 Å². The molecule has 44 valence electrons. The zero-order chi connectivity index (χ0) is 5.82. The first-order chi connectivity index (χ1) is 3.93. The maximum atomic E-state index is 4.12. The van der Waals surface area contributed by atoms with Gasteiger partial charge in [-0.05, 0) is 6.42 Å². The van der Waals surface area contributed by atoms with E-state index in [0.717, 1.165) is 25.2 Å². The summed E-state index contributed by atoms with van der Waals surface area (Å²) < 4.78 is 0. The van der Waals surface area contributed by atoms with Crippen molar-refractivity contribution in [3.63, 3.8) is 0 Å². The van der Waals surface area contributed by atoms with E-state index in [1.807, 2.05) is 6.21 Å². The molecule has 0 saturated carbocycles. The van der Waals surface area contributed by atoms with Gasteiger partial charge in [-0.15, -0.1) is 0 Å². The molecule has 0 aliphatic carbocycles. The Labute approximate surface area is 49.3 Å². The Kier molecular flexibility index (Phi) is 1.78. The molecule has 1 aliphatic rings. The molecule has 0 unspecified atom stereocenters. The van der Waals surface area contributed by atoms with Crippen LogP contribution in [-0.2, 0) is 0 Å². The first-order valence-corrected chi connectivity index (χ1v) is 2.99. The first kappa shape index (κ1) is 5.48. The standard InChI is InChI=1S/C6H10N2/c1-2-3-6-7-4-5-8-6/h4H,2-3,5H2,1H3.